The Labute approximate surface area is 173 Å². The van der Waals surface area contributed by atoms with Gasteiger partial charge in [0.25, 0.3) is 5.56 Å². The highest BCUT2D eigenvalue weighted by molar-refractivity contribution is 5.84. The number of hydrogen-bond donors (Lipinski definition) is 1. The second-order valence-corrected chi connectivity index (χ2v) is 6.72. The molecule has 1 aromatic heterocycles. The molecule has 0 spiro atoms. The maximum atomic E-state index is 13.5. The predicted octanol–water partition coefficient (Wildman–Crippen LogP) is 1.87. The van der Waals surface area contributed by atoms with Gasteiger partial charge in [0.15, 0.2) is 0 Å². The first-order valence-electron chi connectivity index (χ1n) is 9.70. The third kappa shape index (κ3) is 3.99. The van der Waals surface area contributed by atoms with Crippen LogP contribution in [0.4, 0.5) is 0 Å². The molecule has 0 aliphatic heterocycles. The number of carbonyl (C=O) groups is 1. The van der Waals surface area contributed by atoms with E-state index in [1.165, 1.54) is 11.7 Å². The van der Waals surface area contributed by atoms with Gasteiger partial charge in [-0.3, -0.25) is 14.2 Å². The number of benzene rings is 2. The molecule has 158 valence electrons. The summed E-state index contributed by atoms with van der Waals surface area (Å²) < 4.78 is 12.6. The van der Waals surface area contributed by atoms with E-state index < -0.39 is 17.3 Å². The van der Waals surface area contributed by atoms with Gasteiger partial charge in [0.1, 0.15) is 11.8 Å². The largest absolute Gasteiger partial charge is 0.497 e. The Kier molecular flexibility index (Phi) is 6.68. The van der Waals surface area contributed by atoms with Gasteiger partial charge in [0, 0.05) is 13.7 Å². The summed E-state index contributed by atoms with van der Waals surface area (Å²) in [5, 5.41) is 3.14. The summed E-state index contributed by atoms with van der Waals surface area (Å²) >= 11 is 0. The Bertz CT molecular complexity index is 1150. The fourth-order valence-corrected chi connectivity index (χ4v) is 3.42. The SMILES string of the molecule is CC[C@@H](C(=O)NCCOC)n1c(=O)n(-c2ccc(OC)cc2)c(=O)c2ccccc21. The first-order valence-corrected chi connectivity index (χ1v) is 9.70. The summed E-state index contributed by atoms with van der Waals surface area (Å²) in [5.74, 6) is 0.304. The van der Waals surface area contributed by atoms with E-state index in [4.69, 9.17) is 9.47 Å². The lowest BCUT2D eigenvalue weighted by atomic mass is 10.1. The molecule has 8 nitrogen and oxygen atoms in total. The summed E-state index contributed by atoms with van der Waals surface area (Å²) in [6.45, 7) is 2.52. The molecule has 0 radical (unpaired) electrons. The van der Waals surface area contributed by atoms with Crippen molar-refractivity contribution in [3.8, 4) is 11.4 Å². The van der Waals surface area contributed by atoms with Crippen molar-refractivity contribution < 1.29 is 14.3 Å². The van der Waals surface area contributed by atoms with Gasteiger partial charge < -0.3 is 14.8 Å². The predicted molar refractivity (Wildman–Crippen MR) is 115 cm³/mol. The second kappa shape index (κ2) is 9.41. The van der Waals surface area contributed by atoms with Gasteiger partial charge in [-0.15, -0.1) is 0 Å². The van der Waals surface area contributed by atoms with E-state index in [2.05, 4.69) is 5.32 Å². The Morgan fingerprint density at radius 1 is 1.07 bits per heavy atom. The first-order chi connectivity index (χ1) is 14.5. The molecule has 0 aliphatic carbocycles. The molecule has 1 heterocycles. The zero-order valence-corrected chi connectivity index (χ0v) is 17.3. The van der Waals surface area contributed by atoms with Gasteiger partial charge in [-0.25, -0.2) is 9.36 Å². The summed E-state index contributed by atoms with van der Waals surface area (Å²) in [6, 6.07) is 12.7. The smallest absolute Gasteiger partial charge is 0.336 e. The Morgan fingerprint density at radius 2 is 1.77 bits per heavy atom. The highest BCUT2D eigenvalue weighted by Gasteiger charge is 2.24. The molecule has 0 aliphatic rings. The molecule has 1 atom stereocenters. The van der Waals surface area contributed by atoms with Crippen molar-refractivity contribution >= 4 is 16.8 Å². The lowest BCUT2D eigenvalue weighted by Gasteiger charge is -2.21. The van der Waals surface area contributed by atoms with Crippen molar-refractivity contribution in [1.82, 2.24) is 14.5 Å². The van der Waals surface area contributed by atoms with E-state index >= 15 is 0 Å². The molecule has 3 aromatic rings. The van der Waals surface area contributed by atoms with Crippen LogP contribution in [0.25, 0.3) is 16.6 Å². The second-order valence-electron chi connectivity index (χ2n) is 6.72. The van der Waals surface area contributed by atoms with E-state index in [9.17, 15) is 14.4 Å². The highest BCUT2D eigenvalue weighted by atomic mass is 16.5. The number of amides is 1. The van der Waals surface area contributed by atoms with Crippen molar-refractivity contribution in [3.63, 3.8) is 0 Å². The molecule has 1 amide bonds. The number of hydrogen-bond acceptors (Lipinski definition) is 5. The first kappa shape index (κ1) is 21.3. The quantitative estimate of drug-likeness (QED) is 0.572. The molecular formula is C22H25N3O5. The van der Waals surface area contributed by atoms with Gasteiger partial charge in [-0.2, -0.15) is 0 Å². The average molecular weight is 411 g/mol. The van der Waals surface area contributed by atoms with Crippen molar-refractivity contribution in [2.24, 2.45) is 0 Å². The summed E-state index contributed by atoms with van der Waals surface area (Å²) in [6.07, 6.45) is 0.379. The van der Waals surface area contributed by atoms with Gasteiger partial charge in [-0.1, -0.05) is 19.1 Å². The molecule has 0 saturated carbocycles. The number of para-hydroxylation sites is 1. The minimum Gasteiger partial charge on any atom is -0.497 e. The lowest BCUT2D eigenvalue weighted by molar-refractivity contribution is -0.124. The number of nitrogens with one attached hydrogen (secondary N) is 1. The summed E-state index contributed by atoms with van der Waals surface area (Å²) in [7, 11) is 3.09. The molecular weight excluding hydrogens is 386 g/mol. The average Bonchev–Trinajstić information content (AvgIpc) is 2.77. The molecule has 0 unspecified atom stereocenters. The van der Waals surface area contributed by atoms with E-state index in [1.807, 2.05) is 6.92 Å². The number of fused-ring (bicyclic) bond motifs is 1. The van der Waals surface area contributed by atoms with Crippen LogP contribution < -0.4 is 21.3 Å². The summed E-state index contributed by atoms with van der Waals surface area (Å²) in [5.41, 5.74) is -0.185. The number of carbonyl (C=O) groups excluding carboxylic acids is 1. The summed E-state index contributed by atoms with van der Waals surface area (Å²) in [4.78, 5) is 39.5. The maximum Gasteiger partial charge on any atom is 0.336 e. The number of methoxy groups -OCH3 is 2. The fourth-order valence-electron chi connectivity index (χ4n) is 3.42. The van der Waals surface area contributed by atoms with Crippen LogP contribution in [0.1, 0.15) is 19.4 Å². The van der Waals surface area contributed by atoms with Gasteiger partial charge in [-0.05, 0) is 42.8 Å². The van der Waals surface area contributed by atoms with Crippen LogP contribution in [0.2, 0.25) is 0 Å². The molecule has 0 fully saturated rings. The Hall–Kier alpha value is -3.39. The topological polar surface area (TPSA) is 91.6 Å². The van der Waals surface area contributed by atoms with Crippen LogP contribution in [0.5, 0.6) is 5.75 Å². The van der Waals surface area contributed by atoms with Crippen LogP contribution in [-0.2, 0) is 9.53 Å². The number of ether oxygens (including phenoxy) is 2. The molecule has 8 heteroatoms. The van der Waals surface area contributed by atoms with E-state index in [-0.39, 0.29) is 5.91 Å². The standard InChI is InChI=1S/C22H25N3O5/c1-4-18(20(26)23-13-14-29-2)25-19-8-6-5-7-17(19)21(27)24(22(25)28)15-9-11-16(30-3)12-10-15/h5-12,18H,4,13-14H2,1-3H3,(H,23,26)/t18-/m0/s1. The lowest BCUT2D eigenvalue weighted by Crippen LogP contribution is -2.44. The van der Waals surface area contributed by atoms with Crippen molar-refractivity contribution in [1.29, 1.82) is 0 Å². The van der Waals surface area contributed by atoms with Crippen LogP contribution in [0.3, 0.4) is 0 Å². The minimum absolute atomic E-state index is 0.304. The molecule has 30 heavy (non-hydrogen) atoms. The van der Waals surface area contributed by atoms with E-state index in [0.29, 0.717) is 41.9 Å². The number of rotatable bonds is 8. The molecule has 0 saturated heterocycles. The molecule has 3 rings (SSSR count). The van der Waals surface area contributed by atoms with Gasteiger partial charge >= 0.3 is 5.69 Å². The zero-order valence-electron chi connectivity index (χ0n) is 17.3. The number of nitrogens with zero attached hydrogens (tertiary/aromatic N) is 2. The Morgan fingerprint density at radius 3 is 2.40 bits per heavy atom. The monoisotopic (exact) mass is 411 g/mol. The third-order valence-electron chi connectivity index (χ3n) is 4.93. The van der Waals surface area contributed by atoms with Crippen LogP contribution in [0, 0.1) is 0 Å². The van der Waals surface area contributed by atoms with Gasteiger partial charge in [0.05, 0.1) is 30.3 Å². The molecule has 2 aromatic carbocycles. The highest BCUT2D eigenvalue weighted by Crippen LogP contribution is 2.18. The minimum atomic E-state index is -0.774. The van der Waals surface area contributed by atoms with E-state index in [0.717, 1.165) is 4.57 Å². The van der Waals surface area contributed by atoms with E-state index in [1.54, 1.807) is 55.6 Å². The van der Waals surface area contributed by atoms with Crippen molar-refractivity contribution in [2.75, 3.05) is 27.4 Å². The van der Waals surface area contributed by atoms with Crippen LogP contribution >= 0.6 is 0 Å². The zero-order chi connectivity index (χ0) is 21.7. The maximum absolute atomic E-state index is 13.5. The molecule has 0 bridgehead atoms. The fraction of sp³-hybridized carbons (Fsp3) is 0.318. The third-order valence-corrected chi connectivity index (χ3v) is 4.93. The van der Waals surface area contributed by atoms with Crippen molar-refractivity contribution in [2.45, 2.75) is 19.4 Å². The van der Waals surface area contributed by atoms with Gasteiger partial charge in [0.2, 0.25) is 5.91 Å². The Balaban J connectivity index is 2.24. The van der Waals surface area contributed by atoms with Crippen molar-refractivity contribution in [3.05, 3.63) is 69.4 Å². The normalized spacial score (nSPS) is 12.0. The van der Waals surface area contributed by atoms with Crippen LogP contribution in [0.15, 0.2) is 58.1 Å². The number of aromatic nitrogens is 2. The van der Waals surface area contributed by atoms with Crippen LogP contribution in [-0.4, -0.2) is 42.4 Å². The molecule has 1 N–H and O–H groups in total.